The summed E-state index contributed by atoms with van der Waals surface area (Å²) in [5.74, 6) is 0.335. The molecule has 1 aromatic carbocycles. The topological polar surface area (TPSA) is 55.2 Å². The predicted octanol–water partition coefficient (Wildman–Crippen LogP) is 3.78. The zero-order valence-electron chi connectivity index (χ0n) is 8.15. The fraction of sp³-hybridized carbons (Fsp3) is 0.111. The number of hydrogen-bond donors (Lipinski definition) is 1. The fourth-order valence-electron chi connectivity index (χ4n) is 1.02. The standard InChI is InChI=1S/C9H5Cl3N2O2S/c10-4-1-6(12)7(2-5(4)11)16-9-14-13-8(3-15)17-9/h1-2,15H,3H2. The van der Waals surface area contributed by atoms with Crippen molar-refractivity contribution < 1.29 is 9.84 Å². The normalized spacial score (nSPS) is 10.6. The van der Waals surface area contributed by atoms with E-state index in [1.165, 1.54) is 12.1 Å². The third-order valence-corrected chi connectivity index (χ3v) is 3.56. The SMILES string of the molecule is OCc1nnc(Oc2cc(Cl)c(Cl)cc2Cl)s1. The van der Waals surface area contributed by atoms with E-state index >= 15 is 0 Å². The number of aromatic nitrogens is 2. The molecule has 4 nitrogen and oxygen atoms in total. The second kappa shape index (κ2) is 5.37. The Hall–Kier alpha value is -0.590. The minimum absolute atomic E-state index is 0.184. The third-order valence-electron chi connectivity index (χ3n) is 1.76. The number of halogens is 3. The Labute approximate surface area is 116 Å². The first-order valence-electron chi connectivity index (χ1n) is 4.36. The molecule has 0 aliphatic heterocycles. The van der Waals surface area contributed by atoms with Gasteiger partial charge < -0.3 is 9.84 Å². The van der Waals surface area contributed by atoms with E-state index in [9.17, 15) is 0 Å². The first kappa shape index (κ1) is 12.9. The quantitative estimate of drug-likeness (QED) is 0.876. The van der Waals surface area contributed by atoms with Gasteiger partial charge in [0.25, 0.3) is 5.19 Å². The summed E-state index contributed by atoms with van der Waals surface area (Å²) in [6.45, 7) is -0.184. The van der Waals surface area contributed by atoms with Gasteiger partial charge in [0.15, 0.2) is 5.75 Å². The van der Waals surface area contributed by atoms with E-state index in [0.29, 0.717) is 25.8 Å². The van der Waals surface area contributed by atoms with E-state index in [-0.39, 0.29) is 11.8 Å². The monoisotopic (exact) mass is 310 g/mol. The van der Waals surface area contributed by atoms with Gasteiger partial charge in [-0.15, -0.1) is 5.10 Å². The summed E-state index contributed by atoms with van der Waals surface area (Å²) in [5.41, 5.74) is 0. The minimum atomic E-state index is -0.184. The van der Waals surface area contributed by atoms with Gasteiger partial charge in [-0.3, -0.25) is 0 Å². The van der Waals surface area contributed by atoms with Gasteiger partial charge >= 0.3 is 0 Å². The molecule has 0 amide bonds. The van der Waals surface area contributed by atoms with Crippen molar-refractivity contribution in [2.45, 2.75) is 6.61 Å². The maximum Gasteiger partial charge on any atom is 0.299 e. The van der Waals surface area contributed by atoms with Crippen LogP contribution in [-0.4, -0.2) is 15.3 Å². The van der Waals surface area contributed by atoms with Crippen LogP contribution < -0.4 is 4.74 Å². The van der Waals surface area contributed by atoms with Crippen LogP contribution in [0, 0.1) is 0 Å². The van der Waals surface area contributed by atoms with Crippen molar-refractivity contribution in [3.8, 4) is 10.9 Å². The first-order valence-corrected chi connectivity index (χ1v) is 6.31. The van der Waals surface area contributed by atoms with E-state index in [0.717, 1.165) is 11.3 Å². The molecule has 0 saturated heterocycles. The summed E-state index contributed by atoms with van der Waals surface area (Å²) in [6.07, 6.45) is 0. The van der Waals surface area contributed by atoms with E-state index in [1.807, 2.05) is 0 Å². The molecule has 0 fully saturated rings. The molecule has 0 unspecified atom stereocenters. The highest BCUT2D eigenvalue weighted by molar-refractivity contribution is 7.13. The molecule has 2 rings (SSSR count). The minimum Gasteiger partial charge on any atom is -0.428 e. The van der Waals surface area contributed by atoms with Crippen LogP contribution in [0.3, 0.4) is 0 Å². The van der Waals surface area contributed by atoms with Crippen molar-refractivity contribution in [1.82, 2.24) is 10.2 Å². The summed E-state index contributed by atoms with van der Waals surface area (Å²) in [6, 6.07) is 2.97. The number of ether oxygens (including phenoxy) is 1. The Morgan fingerprint density at radius 3 is 2.47 bits per heavy atom. The number of rotatable bonds is 3. The molecule has 0 saturated carbocycles. The summed E-state index contributed by atoms with van der Waals surface area (Å²) in [5, 5.41) is 18.0. The second-order valence-corrected chi connectivity index (χ2v) is 5.16. The largest absolute Gasteiger partial charge is 0.428 e. The zero-order valence-corrected chi connectivity index (χ0v) is 11.2. The molecule has 0 aliphatic rings. The molecular weight excluding hydrogens is 307 g/mol. The van der Waals surface area contributed by atoms with Crippen molar-refractivity contribution in [3.63, 3.8) is 0 Å². The highest BCUT2D eigenvalue weighted by Crippen LogP contribution is 2.36. The average Bonchev–Trinajstić information content (AvgIpc) is 2.73. The maximum absolute atomic E-state index is 8.84. The molecule has 0 atom stereocenters. The molecule has 0 radical (unpaired) electrons. The summed E-state index contributed by atoms with van der Waals surface area (Å²) in [4.78, 5) is 0. The zero-order chi connectivity index (χ0) is 12.4. The summed E-state index contributed by atoms with van der Waals surface area (Å²) < 4.78 is 5.39. The molecule has 90 valence electrons. The van der Waals surface area contributed by atoms with Crippen molar-refractivity contribution in [1.29, 1.82) is 0 Å². The van der Waals surface area contributed by atoms with Crippen molar-refractivity contribution in [2.75, 3.05) is 0 Å². The number of aliphatic hydroxyl groups is 1. The predicted molar refractivity (Wildman–Crippen MR) is 67.4 cm³/mol. The lowest BCUT2D eigenvalue weighted by molar-refractivity contribution is 0.280. The van der Waals surface area contributed by atoms with Gasteiger partial charge in [-0.1, -0.05) is 51.2 Å². The van der Waals surface area contributed by atoms with Gasteiger partial charge in [-0.2, -0.15) is 0 Å². The Balaban J connectivity index is 2.26. The molecule has 17 heavy (non-hydrogen) atoms. The molecule has 1 aromatic heterocycles. The summed E-state index contributed by atoms with van der Waals surface area (Å²) >= 11 is 18.7. The lowest BCUT2D eigenvalue weighted by Crippen LogP contribution is -1.85. The van der Waals surface area contributed by atoms with E-state index in [4.69, 9.17) is 44.6 Å². The van der Waals surface area contributed by atoms with Crippen molar-refractivity contribution >= 4 is 46.1 Å². The van der Waals surface area contributed by atoms with Crippen LogP contribution in [0.5, 0.6) is 10.9 Å². The van der Waals surface area contributed by atoms with Gasteiger partial charge in [0.1, 0.15) is 5.01 Å². The smallest absolute Gasteiger partial charge is 0.299 e. The van der Waals surface area contributed by atoms with Gasteiger partial charge in [0, 0.05) is 6.07 Å². The van der Waals surface area contributed by atoms with Crippen LogP contribution in [0.15, 0.2) is 12.1 Å². The van der Waals surface area contributed by atoms with E-state index < -0.39 is 0 Å². The van der Waals surface area contributed by atoms with Crippen LogP contribution in [-0.2, 0) is 6.61 Å². The van der Waals surface area contributed by atoms with Crippen molar-refractivity contribution in [3.05, 3.63) is 32.2 Å². The molecule has 1 heterocycles. The Morgan fingerprint density at radius 2 is 1.82 bits per heavy atom. The van der Waals surface area contributed by atoms with E-state index in [2.05, 4.69) is 10.2 Å². The molecule has 0 spiro atoms. The Kier molecular flexibility index (Phi) is 4.06. The van der Waals surface area contributed by atoms with Gasteiger partial charge in [0.2, 0.25) is 0 Å². The lowest BCUT2D eigenvalue weighted by atomic mass is 10.3. The molecule has 1 N–H and O–H groups in total. The summed E-state index contributed by atoms with van der Waals surface area (Å²) in [7, 11) is 0. The highest BCUT2D eigenvalue weighted by atomic mass is 35.5. The highest BCUT2D eigenvalue weighted by Gasteiger charge is 2.11. The van der Waals surface area contributed by atoms with Crippen LogP contribution in [0.4, 0.5) is 0 Å². The molecule has 0 aliphatic carbocycles. The number of benzene rings is 1. The number of hydrogen-bond acceptors (Lipinski definition) is 5. The van der Waals surface area contributed by atoms with Crippen molar-refractivity contribution in [2.24, 2.45) is 0 Å². The average molecular weight is 312 g/mol. The first-order chi connectivity index (χ1) is 8.10. The number of aliphatic hydroxyl groups excluding tert-OH is 1. The second-order valence-electron chi connectivity index (χ2n) is 2.92. The van der Waals surface area contributed by atoms with Crippen LogP contribution in [0.2, 0.25) is 15.1 Å². The number of nitrogens with zero attached hydrogens (tertiary/aromatic N) is 2. The van der Waals surface area contributed by atoms with Crippen LogP contribution >= 0.6 is 46.1 Å². The Bertz CT molecular complexity index is 547. The molecular formula is C9H5Cl3N2O2S. The van der Waals surface area contributed by atoms with Gasteiger partial charge in [0.05, 0.1) is 21.7 Å². The molecule has 2 aromatic rings. The van der Waals surface area contributed by atoms with Crippen LogP contribution in [0.25, 0.3) is 0 Å². The lowest BCUT2D eigenvalue weighted by Gasteiger charge is -2.05. The van der Waals surface area contributed by atoms with E-state index in [1.54, 1.807) is 0 Å². The third kappa shape index (κ3) is 3.00. The van der Waals surface area contributed by atoms with Crippen LogP contribution in [0.1, 0.15) is 5.01 Å². The maximum atomic E-state index is 8.84. The fourth-order valence-corrected chi connectivity index (χ4v) is 2.16. The molecule has 8 heteroatoms. The molecule has 0 bridgehead atoms. The van der Waals surface area contributed by atoms with Gasteiger partial charge in [-0.25, -0.2) is 0 Å². The van der Waals surface area contributed by atoms with Gasteiger partial charge in [-0.05, 0) is 6.07 Å². The Morgan fingerprint density at radius 1 is 1.12 bits per heavy atom.